The number of H-pyrrole nitrogens is 1. The van der Waals surface area contributed by atoms with Crippen LogP contribution in [0.2, 0.25) is 0 Å². The van der Waals surface area contributed by atoms with Crippen molar-refractivity contribution in [2.45, 2.75) is 6.92 Å². The number of hydrogen-bond donors (Lipinski definition) is 1. The van der Waals surface area contributed by atoms with Gasteiger partial charge in [-0.3, -0.25) is 4.99 Å². The molecule has 0 saturated heterocycles. The van der Waals surface area contributed by atoms with Gasteiger partial charge in [-0.25, -0.2) is 4.98 Å². The van der Waals surface area contributed by atoms with Gasteiger partial charge in [-0.05, 0) is 19.1 Å². The van der Waals surface area contributed by atoms with Crippen LogP contribution < -0.4 is 0 Å². The van der Waals surface area contributed by atoms with Gasteiger partial charge in [-0.15, -0.1) is 0 Å². The van der Waals surface area contributed by atoms with E-state index in [-0.39, 0.29) is 0 Å². The van der Waals surface area contributed by atoms with E-state index in [4.69, 9.17) is 0 Å². The summed E-state index contributed by atoms with van der Waals surface area (Å²) in [4.78, 5) is 11.0. The first kappa shape index (κ1) is 7.72. The lowest BCUT2D eigenvalue weighted by atomic mass is 10.3. The van der Waals surface area contributed by atoms with Crippen LogP contribution in [0.3, 0.4) is 0 Å². The summed E-state index contributed by atoms with van der Waals surface area (Å²) >= 11 is 0. The van der Waals surface area contributed by atoms with Crippen molar-refractivity contribution in [1.82, 2.24) is 9.97 Å². The second-order valence-corrected chi connectivity index (χ2v) is 2.17. The number of nitrogens with one attached hydrogen (secondary N) is 1. The van der Waals surface area contributed by atoms with Gasteiger partial charge >= 0.3 is 0 Å². The molecule has 0 atom stereocenters. The van der Waals surface area contributed by atoms with Gasteiger partial charge in [0, 0.05) is 25.2 Å². The number of hydrogen-bond acceptors (Lipinski definition) is 2. The molecule has 1 rings (SSSR count). The Hall–Kier alpha value is -1.38. The lowest BCUT2D eigenvalue weighted by Crippen LogP contribution is -1.82. The number of aromatic nitrogens is 2. The van der Waals surface area contributed by atoms with E-state index in [0.717, 1.165) is 11.5 Å². The van der Waals surface area contributed by atoms with Crippen LogP contribution in [0.1, 0.15) is 12.7 Å². The molecule has 3 nitrogen and oxygen atoms in total. The van der Waals surface area contributed by atoms with E-state index < -0.39 is 0 Å². The van der Waals surface area contributed by atoms with Gasteiger partial charge in [0.05, 0.1) is 0 Å². The molecule has 0 aromatic carbocycles. The maximum absolute atomic E-state index is 4.03. The molecule has 1 heterocycles. The molecule has 3 heteroatoms. The van der Waals surface area contributed by atoms with Gasteiger partial charge in [0.15, 0.2) is 0 Å². The molecule has 0 bridgehead atoms. The first-order chi connectivity index (χ1) is 5.33. The van der Waals surface area contributed by atoms with Gasteiger partial charge in [0.2, 0.25) is 0 Å². The van der Waals surface area contributed by atoms with Crippen molar-refractivity contribution in [3.05, 3.63) is 24.3 Å². The van der Waals surface area contributed by atoms with Gasteiger partial charge in [-0.2, -0.15) is 0 Å². The highest BCUT2D eigenvalue weighted by atomic mass is 14.9. The minimum absolute atomic E-state index is 0.855. The van der Waals surface area contributed by atoms with Crippen LogP contribution >= 0.6 is 0 Å². The fraction of sp³-hybridized carbons (Fsp3) is 0.250. The van der Waals surface area contributed by atoms with Gasteiger partial charge < -0.3 is 4.98 Å². The normalized spacial score (nSPS) is 12.7. The van der Waals surface area contributed by atoms with Crippen LogP contribution in [0.5, 0.6) is 0 Å². The lowest BCUT2D eigenvalue weighted by Gasteiger charge is -1.85. The first-order valence-corrected chi connectivity index (χ1v) is 3.44. The van der Waals surface area contributed by atoms with E-state index in [2.05, 4.69) is 15.0 Å². The van der Waals surface area contributed by atoms with E-state index in [1.807, 2.05) is 19.1 Å². The topological polar surface area (TPSA) is 41.0 Å². The van der Waals surface area contributed by atoms with E-state index in [0.29, 0.717) is 0 Å². The Bertz CT molecular complexity index is 257. The van der Waals surface area contributed by atoms with Crippen molar-refractivity contribution in [2.24, 2.45) is 4.99 Å². The fourth-order valence-corrected chi connectivity index (χ4v) is 0.643. The van der Waals surface area contributed by atoms with Gasteiger partial charge in [-0.1, -0.05) is 0 Å². The van der Waals surface area contributed by atoms with Crippen molar-refractivity contribution in [3.63, 3.8) is 0 Å². The Morgan fingerprint density at radius 3 is 3.09 bits per heavy atom. The Balaban J connectivity index is 2.63. The zero-order valence-electron chi connectivity index (χ0n) is 6.70. The molecule has 0 unspecified atom stereocenters. The van der Waals surface area contributed by atoms with Crippen molar-refractivity contribution < 1.29 is 0 Å². The number of rotatable bonds is 2. The highest BCUT2D eigenvalue weighted by molar-refractivity contribution is 5.95. The SMILES string of the molecule is CN=C(C)/C=C\c1ncc[nH]1. The third kappa shape index (κ3) is 2.37. The highest BCUT2D eigenvalue weighted by Gasteiger charge is 1.85. The smallest absolute Gasteiger partial charge is 0.129 e. The fourth-order valence-electron chi connectivity index (χ4n) is 0.643. The summed E-state index contributed by atoms with van der Waals surface area (Å²) in [6, 6.07) is 0. The van der Waals surface area contributed by atoms with Crippen LogP contribution in [-0.4, -0.2) is 22.7 Å². The summed E-state index contributed by atoms with van der Waals surface area (Å²) in [6.07, 6.45) is 7.32. The van der Waals surface area contributed by atoms with Crippen molar-refractivity contribution in [1.29, 1.82) is 0 Å². The minimum Gasteiger partial charge on any atom is -0.345 e. The van der Waals surface area contributed by atoms with Gasteiger partial charge in [0.1, 0.15) is 5.82 Å². The number of aliphatic imine (C=N–C) groups is 1. The molecule has 0 aliphatic rings. The Morgan fingerprint density at radius 1 is 1.73 bits per heavy atom. The van der Waals surface area contributed by atoms with Crippen molar-refractivity contribution >= 4 is 11.8 Å². The third-order valence-corrected chi connectivity index (χ3v) is 1.35. The molecule has 1 N–H and O–H groups in total. The van der Waals surface area contributed by atoms with Crippen LogP contribution in [0.4, 0.5) is 0 Å². The summed E-state index contributed by atoms with van der Waals surface area (Å²) in [5, 5.41) is 0. The second kappa shape index (κ2) is 3.71. The second-order valence-electron chi connectivity index (χ2n) is 2.17. The molecular weight excluding hydrogens is 138 g/mol. The standard InChI is InChI=1S/C8H11N3/c1-7(9-2)3-4-8-10-5-6-11-8/h3-6H,1-2H3,(H,10,11)/b4-3-,9-7?. The lowest BCUT2D eigenvalue weighted by molar-refractivity contribution is 1.26. The highest BCUT2D eigenvalue weighted by Crippen LogP contribution is 1.92. The average Bonchev–Trinajstić information content (AvgIpc) is 2.52. The van der Waals surface area contributed by atoms with E-state index >= 15 is 0 Å². The number of aromatic amines is 1. The monoisotopic (exact) mass is 149 g/mol. The van der Waals surface area contributed by atoms with E-state index in [9.17, 15) is 0 Å². The predicted octanol–water partition coefficient (Wildman–Crippen LogP) is 1.51. The average molecular weight is 149 g/mol. The van der Waals surface area contributed by atoms with Crippen LogP contribution in [0, 0.1) is 0 Å². The molecule has 0 aliphatic carbocycles. The van der Waals surface area contributed by atoms with Crippen LogP contribution in [0.15, 0.2) is 23.5 Å². The van der Waals surface area contributed by atoms with Gasteiger partial charge in [0.25, 0.3) is 0 Å². The van der Waals surface area contributed by atoms with Crippen LogP contribution in [-0.2, 0) is 0 Å². The molecule has 1 aromatic heterocycles. The molecule has 0 amide bonds. The molecule has 0 radical (unpaired) electrons. The number of nitrogens with zero attached hydrogens (tertiary/aromatic N) is 2. The predicted molar refractivity (Wildman–Crippen MR) is 46.7 cm³/mol. The number of allylic oxidation sites excluding steroid dienone is 1. The Kier molecular flexibility index (Phi) is 2.60. The van der Waals surface area contributed by atoms with Crippen LogP contribution in [0.25, 0.3) is 6.08 Å². The third-order valence-electron chi connectivity index (χ3n) is 1.35. The summed E-state index contributed by atoms with van der Waals surface area (Å²) in [6.45, 7) is 1.94. The largest absolute Gasteiger partial charge is 0.345 e. The molecule has 0 fully saturated rings. The molecule has 11 heavy (non-hydrogen) atoms. The Labute approximate surface area is 65.9 Å². The minimum atomic E-state index is 0.855. The van der Waals surface area contributed by atoms with Crippen molar-refractivity contribution in [2.75, 3.05) is 7.05 Å². The first-order valence-electron chi connectivity index (χ1n) is 3.44. The molecule has 0 aliphatic heterocycles. The summed E-state index contributed by atoms with van der Waals surface area (Å²) in [5.41, 5.74) is 0.987. The zero-order chi connectivity index (χ0) is 8.10. The molecule has 0 saturated carbocycles. The number of imidazole rings is 1. The molecular formula is C8H11N3. The molecule has 0 spiro atoms. The van der Waals surface area contributed by atoms with Crippen molar-refractivity contribution in [3.8, 4) is 0 Å². The maximum Gasteiger partial charge on any atom is 0.129 e. The summed E-state index contributed by atoms with van der Waals surface area (Å²) in [5.74, 6) is 0.855. The summed E-state index contributed by atoms with van der Waals surface area (Å²) < 4.78 is 0. The zero-order valence-corrected chi connectivity index (χ0v) is 6.70. The summed E-state index contributed by atoms with van der Waals surface area (Å²) in [7, 11) is 1.77. The molecule has 1 aromatic rings. The Morgan fingerprint density at radius 2 is 2.55 bits per heavy atom. The van der Waals surface area contributed by atoms with E-state index in [1.165, 1.54) is 0 Å². The van der Waals surface area contributed by atoms with E-state index in [1.54, 1.807) is 19.4 Å². The molecule has 58 valence electrons. The quantitative estimate of drug-likeness (QED) is 0.636. The maximum atomic E-state index is 4.03.